The largest absolute Gasteiger partial charge is 0.314 e. The van der Waals surface area contributed by atoms with Gasteiger partial charge in [-0.3, -0.25) is 4.21 Å². The zero-order chi connectivity index (χ0) is 12.1. The molecule has 0 aromatic rings. The third kappa shape index (κ3) is 4.54. The lowest BCUT2D eigenvalue weighted by Crippen LogP contribution is -2.37. The molecule has 96 valence electrons. The average Bonchev–Trinajstić information content (AvgIpc) is 2.23. The van der Waals surface area contributed by atoms with E-state index < -0.39 is 10.8 Å². The fourth-order valence-corrected chi connectivity index (χ4v) is 2.84. The van der Waals surface area contributed by atoms with Crippen LogP contribution in [0.4, 0.5) is 0 Å². The highest BCUT2D eigenvalue weighted by atomic mass is 32.2. The highest BCUT2D eigenvalue weighted by Gasteiger charge is 2.23. The lowest BCUT2D eigenvalue weighted by Gasteiger charge is -2.32. The standard InChI is InChI=1S/C13H27NOS/c1-10-5-6-13(9-11(10)2)14-8-7-12(3)16(4)15/h10-14H,5-9H2,1-4H3/t10-,11-,12+,13+,16+/m1/s1. The Bertz CT molecular complexity index is 232. The third-order valence-corrected chi connectivity index (χ3v) is 5.52. The molecule has 0 amide bonds. The molecule has 1 fully saturated rings. The van der Waals surface area contributed by atoms with E-state index in [4.69, 9.17) is 0 Å². The van der Waals surface area contributed by atoms with Gasteiger partial charge in [-0.25, -0.2) is 0 Å². The molecular formula is C13H27NOS. The summed E-state index contributed by atoms with van der Waals surface area (Å²) in [4.78, 5) is 0. The summed E-state index contributed by atoms with van der Waals surface area (Å²) in [6.45, 7) is 7.82. The van der Waals surface area contributed by atoms with Gasteiger partial charge < -0.3 is 5.32 Å². The summed E-state index contributed by atoms with van der Waals surface area (Å²) < 4.78 is 11.2. The van der Waals surface area contributed by atoms with E-state index in [0.717, 1.165) is 24.8 Å². The molecule has 0 aromatic heterocycles. The molecule has 0 unspecified atom stereocenters. The van der Waals surface area contributed by atoms with Crippen molar-refractivity contribution in [1.82, 2.24) is 5.32 Å². The van der Waals surface area contributed by atoms with E-state index in [9.17, 15) is 4.21 Å². The van der Waals surface area contributed by atoms with Crippen LogP contribution in [0, 0.1) is 11.8 Å². The van der Waals surface area contributed by atoms with Crippen LogP contribution in [0.2, 0.25) is 0 Å². The van der Waals surface area contributed by atoms with Gasteiger partial charge in [0.2, 0.25) is 0 Å². The minimum Gasteiger partial charge on any atom is -0.314 e. The molecule has 0 bridgehead atoms. The molecule has 16 heavy (non-hydrogen) atoms. The smallest absolute Gasteiger partial charge is 0.0329 e. The van der Waals surface area contributed by atoms with Gasteiger partial charge in [0.1, 0.15) is 0 Å². The van der Waals surface area contributed by atoms with E-state index in [1.807, 2.05) is 0 Å². The van der Waals surface area contributed by atoms with Gasteiger partial charge in [0.05, 0.1) is 0 Å². The molecule has 1 rings (SSSR count). The summed E-state index contributed by atoms with van der Waals surface area (Å²) in [5.74, 6) is 1.74. The minimum absolute atomic E-state index is 0.326. The van der Waals surface area contributed by atoms with Crippen molar-refractivity contribution in [1.29, 1.82) is 0 Å². The first-order valence-corrected chi connectivity index (χ1v) is 8.18. The highest BCUT2D eigenvalue weighted by Crippen LogP contribution is 2.29. The molecule has 0 heterocycles. The van der Waals surface area contributed by atoms with Crippen LogP contribution in [0.5, 0.6) is 0 Å². The molecule has 0 aliphatic heterocycles. The Morgan fingerprint density at radius 1 is 1.31 bits per heavy atom. The van der Waals surface area contributed by atoms with Crippen molar-refractivity contribution in [3.05, 3.63) is 0 Å². The molecule has 1 aliphatic rings. The van der Waals surface area contributed by atoms with Crippen LogP contribution in [0.1, 0.15) is 46.5 Å². The molecule has 0 spiro atoms. The topological polar surface area (TPSA) is 29.1 Å². The first-order chi connectivity index (χ1) is 7.50. The van der Waals surface area contributed by atoms with Crippen LogP contribution in [-0.4, -0.2) is 28.3 Å². The zero-order valence-corrected chi connectivity index (χ0v) is 12.0. The fourth-order valence-electron chi connectivity index (χ4n) is 2.39. The maximum atomic E-state index is 11.2. The fraction of sp³-hybridized carbons (Fsp3) is 1.00. The zero-order valence-electron chi connectivity index (χ0n) is 11.2. The minimum atomic E-state index is -0.669. The lowest BCUT2D eigenvalue weighted by atomic mass is 9.79. The van der Waals surface area contributed by atoms with E-state index >= 15 is 0 Å². The van der Waals surface area contributed by atoms with Crippen LogP contribution in [0.15, 0.2) is 0 Å². The van der Waals surface area contributed by atoms with E-state index in [2.05, 4.69) is 26.1 Å². The second-order valence-corrected chi connectivity index (χ2v) is 7.32. The maximum absolute atomic E-state index is 11.2. The van der Waals surface area contributed by atoms with Crippen molar-refractivity contribution in [3.8, 4) is 0 Å². The van der Waals surface area contributed by atoms with E-state index in [1.54, 1.807) is 6.26 Å². The van der Waals surface area contributed by atoms with E-state index in [0.29, 0.717) is 11.3 Å². The molecule has 1 aliphatic carbocycles. The number of hydrogen-bond donors (Lipinski definition) is 1. The van der Waals surface area contributed by atoms with Crippen molar-refractivity contribution in [3.63, 3.8) is 0 Å². The van der Waals surface area contributed by atoms with Gasteiger partial charge >= 0.3 is 0 Å². The van der Waals surface area contributed by atoms with Gasteiger partial charge in [-0.1, -0.05) is 20.8 Å². The normalized spacial score (nSPS) is 34.6. The second kappa shape index (κ2) is 6.75. The predicted molar refractivity (Wildman–Crippen MR) is 72.1 cm³/mol. The maximum Gasteiger partial charge on any atom is 0.0329 e. The number of hydrogen-bond acceptors (Lipinski definition) is 2. The molecule has 0 radical (unpaired) electrons. The molecule has 0 aromatic carbocycles. The number of nitrogens with one attached hydrogen (secondary N) is 1. The van der Waals surface area contributed by atoms with Crippen molar-refractivity contribution in [2.45, 2.75) is 57.7 Å². The molecule has 2 nitrogen and oxygen atoms in total. The monoisotopic (exact) mass is 245 g/mol. The summed E-state index contributed by atoms with van der Waals surface area (Å²) in [6.07, 6.45) is 6.81. The molecule has 1 saturated carbocycles. The Morgan fingerprint density at radius 3 is 2.56 bits per heavy atom. The molecule has 1 N–H and O–H groups in total. The van der Waals surface area contributed by atoms with Gasteiger partial charge in [-0.2, -0.15) is 0 Å². The summed E-state index contributed by atoms with van der Waals surface area (Å²) in [7, 11) is -0.669. The highest BCUT2D eigenvalue weighted by molar-refractivity contribution is 7.84. The van der Waals surface area contributed by atoms with Gasteiger partial charge in [-0.15, -0.1) is 0 Å². The summed E-state index contributed by atoms with van der Waals surface area (Å²) in [6, 6.07) is 0.698. The van der Waals surface area contributed by atoms with Crippen LogP contribution in [0.25, 0.3) is 0 Å². The lowest BCUT2D eigenvalue weighted by molar-refractivity contribution is 0.226. The SMILES string of the molecule is C[C@@H]1CC[C@H](NCC[C@H](C)[S@](C)=O)C[C@H]1C. The Labute approximate surface area is 103 Å². The summed E-state index contributed by atoms with van der Waals surface area (Å²) in [5, 5.41) is 3.95. The van der Waals surface area contributed by atoms with Crippen LogP contribution < -0.4 is 5.32 Å². The second-order valence-electron chi connectivity index (χ2n) is 5.52. The quantitative estimate of drug-likeness (QED) is 0.806. The van der Waals surface area contributed by atoms with E-state index in [1.165, 1.54) is 19.3 Å². The van der Waals surface area contributed by atoms with Crippen molar-refractivity contribution >= 4 is 10.8 Å². The van der Waals surface area contributed by atoms with Gasteiger partial charge in [0.25, 0.3) is 0 Å². The van der Waals surface area contributed by atoms with Crippen LogP contribution in [0.3, 0.4) is 0 Å². The first-order valence-electron chi connectivity index (χ1n) is 6.56. The molecule has 5 atom stereocenters. The predicted octanol–water partition coefficient (Wildman–Crippen LogP) is 2.56. The summed E-state index contributed by atoms with van der Waals surface area (Å²) >= 11 is 0. The number of rotatable bonds is 5. The van der Waals surface area contributed by atoms with Gasteiger partial charge in [0.15, 0.2) is 0 Å². The molecule has 3 heteroatoms. The van der Waals surface area contributed by atoms with Crippen LogP contribution in [-0.2, 0) is 10.8 Å². The summed E-state index contributed by atoms with van der Waals surface area (Å²) in [5.41, 5.74) is 0. The Hall–Kier alpha value is 0.110. The van der Waals surface area contributed by atoms with Gasteiger partial charge in [-0.05, 0) is 44.1 Å². The van der Waals surface area contributed by atoms with Gasteiger partial charge in [0, 0.05) is 28.3 Å². The van der Waals surface area contributed by atoms with Crippen LogP contribution >= 0.6 is 0 Å². The first kappa shape index (κ1) is 14.2. The average molecular weight is 245 g/mol. The third-order valence-electron chi connectivity index (χ3n) is 4.15. The Balaban J connectivity index is 2.16. The Kier molecular flexibility index (Phi) is 5.98. The van der Waals surface area contributed by atoms with Crippen molar-refractivity contribution in [2.75, 3.05) is 12.8 Å². The van der Waals surface area contributed by atoms with Crippen molar-refractivity contribution in [2.24, 2.45) is 11.8 Å². The molecule has 0 saturated heterocycles. The van der Waals surface area contributed by atoms with Crippen molar-refractivity contribution < 1.29 is 4.21 Å². The Morgan fingerprint density at radius 2 is 2.00 bits per heavy atom. The van der Waals surface area contributed by atoms with E-state index in [-0.39, 0.29) is 0 Å². The molecular weight excluding hydrogens is 218 g/mol.